The van der Waals surface area contributed by atoms with E-state index >= 15 is 0 Å². The zero-order chi connectivity index (χ0) is 8.97. The summed E-state index contributed by atoms with van der Waals surface area (Å²) in [6, 6.07) is 5.68. The minimum absolute atomic E-state index is 0.557. The van der Waals surface area contributed by atoms with Crippen LogP contribution in [0, 0.1) is 6.92 Å². The summed E-state index contributed by atoms with van der Waals surface area (Å²) < 4.78 is 0. The van der Waals surface area contributed by atoms with Crippen molar-refractivity contribution in [3.63, 3.8) is 0 Å². The predicted molar refractivity (Wildman–Crippen MR) is 49.1 cm³/mol. The number of carbonyl (C=O) groups excluding carboxylic acids is 1. The van der Waals surface area contributed by atoms with Crippen molar-refractivity contribution >= 4 is 18.0 Å². The van der Waals surface area contributed by atoms with E-state index in [0.29, 0.717) is 13.0 Å². The molecule has 0 aliphatic rings. The SMILES string of the molecule is Cc1cc(CNC=O)ccc1Cl. The second-order valence-corrected chi connectivity index (χ2v) is 2.99. The lowest BCUT2D eigenvalue weighted by Crippen LogP contribution is -2.09. The maximum atomic E-state index is 9.99. The monoisotopic (exact) mass is 183 g/mol. The van der Waals surface area contributed by atoms with E-state index in [2.05, 4.69) is 5.32 Å². The van der Waals surface area contributed by atoms with Crippen LogP contribution in [-0.2, 0) is 11.3 Å². The van der Waals surface area contributed by atoms with Crippen LogP contribution in [0.2, 0.25) is 5.02 Å². The molecule has 1 aromatic carbocycles. The molecule has 1 amide bonds. The highest BCUT2D eigenvalue weighted by Crippen LogP contribution is 2.15. The van der Waals surface area contributed by atoms with Gasteiger partial charge in [-0.15, -0.1) is 0 Å². The molecule has 2 nitrogen and oxygen atoms in total. The van der Waals surface area contributed by atoms with Crippen LogP contribution in [0.4, 0.5) is 0 Å². The molecule has 0 fully saturated rings. The third-order valence-electron chi connectivity index (χ3n) is 1.61. The molecule has 0 unspecified atom stereocenters. The van der Waals surface area contributed by atoms with E-state index in [1.54, 1.807) is 0 Å². The largest absolute Gasteiger partial charge is 0.355 e. The zero-order valence-corrected chi connectivity index (χ0v) is 7.56. The number of aryl methyl sites for hydroxylation is 1. The first-order chi connectivity index (χ1) is 5.74. The van der Waals surface area contributed by atoms with Gasteiger partial charge >= 0.3 is 0 Å². The molecule has 0 heterocycles. The molecule has 0 atom stereocenters. The number of benzene rings is 1. The van der Waals surface area contributed by atoms with E-state index in [1.165, 1.54) is 0 Å². The Labute approximate surface area is 76.5 Å². The van der Waals surface area contributed by atoms with E-state index in [9.17, 15) is 4.79 Å². The average molecular weight is 184 g/mol. The number of carbonyl (C=O) groups is 1. The summed E-state index contributed by atoms with van der Waals surface area (Å²) in [4.78, 5) is 9.99. The summed E-state index contributed by atoms with van der Waals surface area (Å²) in [5.41, 5.74) is 2.09. The number of halogens is 1. The summed E-state index contributed by atoms with van der Waals surface area (Å²) in [5, 5.41) is 3.34. The lowest BCUT2D eigenvalue weighted by molar-refractivity contribution is -0.109. The van der Waals surface area contributed by atoms with Crippen LogP contribution < -0.4 is 5.32 Å². The van der Waals surface area contributed by atoms with E-state index in [-0.39, 0.29) is 0 Å². The van der Waals surface area contributed by atoms with Gasteiger partial charge in [-0.05, 0) is 24.1 Å². The van der Waals surface area contributed by atoms with Gasteiger partial charge in [-0.3, -0.25) is 4.79 Å². The fourth-order valence-corrected chi connectivity index (χ4v) is 1.09. The molecule has 0 aromatic heterocycles. The Morgan fingerprint density at radius 3 is 2.92 bits per heavy atom. The molecular weight excluding hydrogens is 174 g/mol. The van der Waals surface area contributed by atoms with Gasteiger partial charge in [-0.1, -0.05) is 23.7 Å². The second kappa shape index (κ2) is 4.12. The highest BCUT2D eigenvalue weighted by atomic mass is 35.5. The first-order valence-corrected chi connectivity index (χ1v) is 4.04. The van der Waals surface area contributed by atoms with E-state index in [1.807, 2.05) is 25.1 Å². The first kappa shape index (κ1) is 9.07. The fraction of sp³-hybridized carbons (Fsp3) is 0.222. The quantitative estimate of drug-likeness (QED) is 0.713. The summed E-state index contributed by atoms with van der Waals surface area (Å²) >= 11 is 5.82. The van der Waals surface area contributed by atoms with Gasteiger partial charge in [0, 0.05) is 11.6 Å². The highest BCUT2D eigenvalue weighted by Gasteiger charge is 1.96. The van der Waals surface area contributed by atoms with Crippen LogP contribution >= 0.6 is 11.6 Å². The van der Waals surface area contributed by atoms with Crippen molar-refractivity contribution in [2.75, 3.05) is 0 Å². The molecule has 1 N–H and O–H groups in total. The molecule has 3 heteroatoms. The van der Waals surface area contributed by atoms with Gasteiger partial charge in [0.2, 0.25) is 6.41 Å². The van der Waals surface area contributed by atoms with Crippen LogP contribution in [0.3, 0.4) is 0 Å². The molecule has 0 aliphatic carbocycles. The number of rotatable bonds is 3. The van der Waals surface area contributed by atoms with Crippen LogP contribution in [0.1, 0.15) is 11.1 Å². The normalized spacial score (nSPS) is 9.50. The maximum Gasteiger partial charge on any atom is 0.207 e. The van der Waals surface area contributed by atoms with Crippen molar-refractivity contribution in [2.24, 2.45) is 0 Å². The molecule has 64 valence electrons. The second-order valence-electron chi connectivity index (χ2n) is 2.58. The van der Waals surface area contributed by atoms with Crippen LogP contribution in [-0.4, -0.2) is 6.41 Å². The smallest absolute Gasteiger partial charge is 0.207 e. The molecule has 12 heavy (non-hydrogen) atoms. The minimum Gasteiger partial charge on any atom is -0.355 e. The van der Waals surface area contributed by atoms with E-state index in [0.717, 1.165) is 16.1 Å². The van der Waals surface area contributed by atoms with Crippen LogP contribution in [0.5, 0.6) is 0 Å². The van der Waals surface area contributed by atoms with Gasteiger partial charge < -0.3 is 5.32 Å². The Hall–Kier alpha value is -1.02. The Morgan fingerprint density at radius 1 is 1.58 bits per heavy atom. The highest BCUT2D eigenvalue weighted by molar-refractivity contribution is 6.31. The molecule has 0 aliphatic heterocycles. The van der Waals surface area contributed by atoms with Crippen molar-refractivity contribution in [2.45, 2.75) is 13.5 Å². The van der Waals surface area contributed by atoms with Crippen molar-refractivity contribution in [1.29, 1.82) is 0 Å². The van der Waals surface area contributed by atoms with Crippen molar-refractivity contribution in [1.82, 2.24) is 5.32 Å². The van der Waals surface area contributed by atoms with Crippen LogP contribution in [0.25, 0.3) is 0 Å². The van der Waals surface area contributed by atoms with Crippen LogP contribution in [0.15, 0.2) is 18.2 Å². The van der Waals surface area contributed by atoms with Gasteiger partial charge in [-0.25, -0.2) is 0 Å². The predicted octanol–water partition coefficient (Wildman–Crippen LogP) is 1.89. The topological polar surface area (TPSA) is 29.1 Å². The standard InChI is InChI=1S/C9H10ClNO/c1-7-4-8(5-11-6-12)2-3-9(7)10/h2-4,6H,5H2,1H3,(H,11,12). The Balaban J connectivity index is 2.75. The molecular formula is C9H10ClNO. The molecule has 0 bridgehead atoms. The molecule has 0 saturated heterocycles. The Kier molecular flexibility index (Phi) is 3.11. The Bertz CT molecular complexity index is 286. The lowest BCUT2D eigenvalue weighted by Gasteiger charge is -2.02. The van der Waals surface area contributed by atoms with Crippen molar-refractivity contribution in [3.05, 3.63) is 34.3 Å². The van der Waals surface area contributed by atoms with Gasteiger partial charge in [0.15, 0.2) is 0 Å². The number of hydrogen-bond acceptors (Lipinski definition) is 1. The lowest BCUT2D eigenvalue weighted by atomic mass is 10.1. The number of amides is 1. The van der Waals surface area contributed by atoms with E-state index < -0.39 is 0 Å². The number of nitrogens with one attached hydrogen (secondary N) is 1. The minimum atomic E-state index is 0.557. The van der Waals surface area contributed by atoms with E-state index in [4.69, 9.17) is 11.6 Å². The number of hydrogen-bond donors (Lipinski definition) is 1. The van der Waals surface area contributed by atoms with Gasteiger partial charge in [0.1, 0.15) is 0 Å². The van der Waals surface area contributed by atoms with Gasteiger partial charge in [-0.2, -0.15) is 0 Å². The molecule has 0 spiro atoms. The van der Waals surface area contributed by atoms with Crippen molar-refractivity contribution in [3.8, 4) is 0 Å². The summed E-state index contributed by atoms with van der Waals surface area (Å²) in [5.74, 6) is 0. The van der Waals surface area contributed by atoms with Gasteiger partial charge in [0.25, 0.3) is 0 Å². The summed E-state index contributed by atoms with van der Waals surface area (Å²) in [7, 11) is 0. The Morgan fingerprint density at radius 2 is 2.33 bits per heavy atom. The average Bonchev–Trinajstić information content (AvgIpc) is 2.07. The first-order valence-electron chi connectivity index (χ1n) is 3.66. The molecule has 0 saturated carbocycles. The molecule has 1 rings (SSSR count). The van der Waals surface area contributed by atoms with Gasteiger partial charge in [0.05, 0.1) is 0 Å². The third-order valence-corrected chi connectivity index (χ3v) is 2.04. The fourth-order valence-electron chi connectivity index (χ4n) is 0.976. The summed E-state index contributed by atoms with van der Waals surface area (Å²) in [6.07, 6.45) is 0.684. The third kappa shape index (κ3) is 2.24. The molecule has 1 aromatic rings. The summed E-state index contributed by atoms with van der Waals surface area (Å²) in [6.45, 7) is 2.49. The zero-order valence-electron chi connectivity index (χ0n) is 6.80. The maximum absolute atomic E-state index is 9.99. The van der Waals surface area contributed by atoms with Crippen molar-refractivity contribution < 1.29 is 4.79 Å². The molecule has 0 radical (unpaired) electrons.